The molecule has 1 aromatic heterocycles. The van der Waals surface area contributed by atoms with Crippen LogP contribution in [0.3, 0.4) is 0 Å². The molecule has 2 rings (SSSR count). The third kappa shape index (κ3) is 6.12. The number of hydrogen-bond acceptors (Lipinski definition) is 4. The lowest BCUT2D eigenvalue weighted by Gasteiger charge is -2.06. The number of rotatable bonds is 8. The number of aromatic nitrogens is 1. The summed E-state index contributed by atoms with van der Waals surface area (Å²) < 4.78 is 17.9. The second kappa shape index (κ2) is 8.94. The van der Waals surface area contributed by atoms with Crippen LogP contribution in [0.1, 0.15) is 37.3 Å². The molecular weight excluding hydrogens is 336 g/mol. The Morgan fingerprint density at radius 2 is 2.08 bits per heavy atom. The number of hydrogen-bond donors (Lipinski definition) is 1. The van der Waals surface area contributed by atoms with Crippen LogP contribution in [0.2, 0.25) is 0 Å². The lowest BCUT2D eigenvalue weighted by molar-refractivity contribution is -0.118. The van der Waals surface area contributed by atoms with Crippen molar-refractivity contribution in [2.24, 2.45) is 5.92 Å². The van der Waals surface area contributed by atoms with Crippen molar-refractivity contribution in [3.63, 3.8) is 0 Å². The van der Waals surface area contributed by atoms with Crippen LogP contribution in [0, 0.1) is 19.8 Å². The van der Waals surface area contributed by atoms with Crippen LogP contribution in [0.15, 0.2) is 28.7 Å². The molecule has 25 heavy (non-hydrogen) atoms. The zero-order chi connectivity index (χ0) is 18.4. The third-order valence-corrected chi connectivity index (χ3v) is 4.97. The maximum Gasteiger partial charge on any atom is 0.232 e. The Morgan fingerprint density at radius 1 is 1.32 bits per heavy atom. The molecule has 0 aliphatic carbocycles. The van der Waals surface area contributed by atoms with Gasteiger partial charge in [-0.3, -0.25) is 9.00 Å². The standard InChI is InChI=1S/C19H26N2O3S/c1-13(2)8-9-20-18(22)12-25(23)11-17-15(4)24-19(21-17)16-7-5-6-14(3)10-16/h5-7,10,13H,8-9,11-12H2,1-4H3,(H,20,22)/t25-/m1/s1. The van der Waals surface area contributed by atoms with E-state index in [0.717, 1.165) is 17.5 Å². The number of carbonyl (C=O) groups excluding carboxylic acids is 1. The molecule has 1 aromatic carbocycles. The van der Waals surface area contributed by atoms with Crippen molar-refractivity contribution >= 4 is 16.7 Å². The smallest absolute Gasteiger partial charge is 0.232 e. The van der Waals surface area contributed by atoms with Crippen LogP contribution >= 0.6 is 0 Å². The van der Waals surface area contributed by atoms with Gasteiger partial charge < -0.3 is 9.73 Å². The van der Waals surface area contributed by atoms with Gasteiger partial charge in [-0.2, -0.15) is 0 Å². The maximum absolute atomic E-state index is 12.2. The molecule has 0 fully saturated rings. The minimum atomic E-state index is -1.31. The molecule has 0 spiro atoms. The molecule has 136 valence electrons. The van der Waals surface area contributed by atoms with E-state index in [-0.39, 0.29) is 17.4 Å². The first-order valence-corrected chi connectivity index (χ1v) is 9.99. The van der Waals surface area contributed by atoms with Crippen LogP contribution in [0.5, 0.6) is 0 Å². The number of benzene rings is 1. The molecule has 0 unspecified atom stereocenters. The molecule has 5 nitrogen and oxygen atoms in total. The van der Waals surface area contributed by atoms with Gasteiger partial charge >= 0.3 is 0 Å². The SMILES string of the molecule is Cc1cccc(-c2nc(C[S@@](=O)CC(=O)NCCC(C)C)c(C)o2)c1. The zero-order valence-corrected chi connectivity index (χ0v) is 16.1. The van der Waals surface area contributed by atoms with E-state index in [1.807, 2.05) is 38.1 Å². The van der Waals surface area contributed by atoms with Gasteiger partial charge in [-0.1, -0.05) is 31.5 Å². The Morgan fingerprint density at radius 3 is 2.76 bits per heavy atom. The number of oxazole rings is 1. The first-order valence-electron chi connectivity index (χ1n) is 8.50. The van der Waals surface area contributed by atoms with Crippen molar-refractivity contribution in [2.75, 3.05) is 12.3 Å². The van der Waals surface area contributed by atoms with Gasteiger partial charge in [-0.25, -0.2) is 4.98 Å². The largest absolute Gasteiger partial charge is 0.441 e. The minimum absolute atomic E-state index is 0.00975. The molecule has 1 N–H and O–H groups in total. The van der Waals surface area contributed by atoms with Gasteiger partial charge in [0.1, 0.15) is 11.5 Å². The summed E-state index contributed by atoms with van der Waals surface area (Å²) in [5, 5.41) is 2.81. The third-order valence-electron chi connectivity index (χ3n) is 3.79. The molecule has 1 atom stereocenters. The molecule has 1 heterocycles. The normalized spacial score (nSPS) is 12.4. The van der Waals surface area contributed by atoms with E-state index in [9.17, 15) is 9.00 Å². The van der Waals surface area contributed by atoms with E-state index in [0.29, 0.717) is 29.8 Å². The van der Waals surface area contributed by atoms with Gasteiger partial charge in [0.2, 0.25) is 11.8 Å². The van der Waals surface area contributed by atoms with Crippen molar-refractivity contribution < 1.29 is 13.4 Å². The Labute approximate surface area is 151 Å². The van der Waals surface area contributed by atoms with E-state index >= 15 is 0 Å². The topological polar surface area (TPSA) is 72.2 Å². The lowest BCUT2D eigenvalue weighted by atomic mass is 10.1. The van der Waals surface area contributed by atoms with Crippen molar-refractivity contribution in [1.29, 1.82) is 0 Å². The maximum atomic E-state index is 12.2. The lowest BCUT2D eigenvalue weighted by Crippen LogP contribution is -2.30. The van der Waals surface area contributed by atoms with Crippen molar-refractivity contribution in [3.8, 4) is 11.5 Å². The predicted octanol–water partition coefficient (Wildman–Crippen LogP) is 3.37. The van der Waals surface area contributed by atoms with Crippen molar-refractivity contribution in [1.82, 2.24) is 10.3 Å². The first kappa shape index (κ1) is 19.4. The van der Waals surface area contributed by atoms with Crippen LogP contribution in [0.25, 0.3) is 11.5 Å². The summed E-state index contributed by atoms with van der Waals surface area (Å²) in [5.74, 6) is 1.73. The van der Waals surface area contributed by atoms with Gasteiger partial charge in [-0.15, -0.1) is 0 Å². The zero-order valence-electron chi connectivity index (χ0n) is 15.3. The predicted molar refractivity (Wildman–Crippen MR) is 101 cm³/mol. The molecule has 2 aromatic rings. The highest BCUT2D eigenvalue weighted by atomic mass is 32.2. The summed E-state index contributed by atoms with van der Waals surface area (Å²) in [7, 11) is -1.31. The molecule has 0 aliphatic rings. The van der Waals surface area contributed by atoms with Crippen LogP contribution in [0.4, 0.5) is 0 Å². The molecular formula is C19H26N2O3S. The van der Waals surface area contributed by atoms with E-state index in [2.05, 4.69) is 24.1 Å². The summed E-state index contributed by atoms with van der Waals surface area (Å²) in [6.07, 6.45) is 0.917. The molecule has 0 bridgehead atoms. The number of nitrogens with one attached hydrogen (secondary N) is 1. The molecule has 1 amide bonds. The quantitative estimate of drug-likeness (QED) is 0.781. The Kier molecular flexibility index (Phi) is 6.93. The molecule has 6 heteroatoms. The average molecular weight is 362 g/mol. The fourth-order valence-electron chi connectivity index (χ4n) is 2.36. The number of amides is 1. The highest BCUT2D eigenvalue weighted by molar-refractivity contribution is 7.84. The fraction of sp³-hybridized carbons (Fsp3) is 0.474. The highest BCUT2D eigenvalue weighted by Gasteiger charge is 2.16. The van der Waals surface area contributed by atoms with Gasteiger partial charge in [0.25, 0.3) is 0 Å². The van der Waals surface area contributed by atoms with E-state index in [1.54, 1.807) is 0 Å². The number of nitrogens with zero attached hydrogens (tertiary/aromatic N) is 1. The summed E-state index contributed by atoms with van der Waals surface area (Å²) in [6.45, 7) is 8.63. The summed E-state index contributed by atoms with van der Waals surface area (Å²) in [5.41, 5.74) is 2.66. The van der Waals surface area contributed by atoms with Crippen LogP contribution in [-0.2, 0) is 21.3 Å². The van der Waals surface area contributed by atoms with Crippen LogP contribution in [-0.4, -0.2) is 27.4 Å². The fourth-order valence-corrected chi connectivity index (χ4v) is 3.43. The highest BCUT2D eigenvalue weighted by Crippen LogP contribution is 2.23. The van der Waals surface area contributed by atoms with E-state index in [4.69, 9.17) is 4.42 Å². The van der Waals surface area contributed by atoms with E-state index in [1.165, 1.54) is 0 Å². The molecule has 0 radical (unpaired) electrons. The van der Waals surface area contributed by atoms with Gasteiger partial charge in [-0.05, 0) is 38.3 Å². The van der Waals surface area contributed by atoms with Gasteiger partial charge in [0, 0.05) is 22.9 Å². The monoisotopic (exact) mass is 362 g/mol. The summed E-state index contributed by atoms with van der Waals surface area (Å²) in [4.78, 5) is 16.3. The second-order valence-electron chi connectivity index (χ2n) is 6.65. The summed E-state index contributed by atoms with van der Waals surface area (Å²) >= 11 is 0. The average Bonchev–Trinajstić information content (AvgIpc) is 2.87. The molecule has 0 saturated heterocycles. The second-order valence-corrected chi connectivity index (χ2v) is 8.11. The molecule has 0 saturated carbocycles. The summed E-state index contributed by atoms with van der Waals surface area (Å²) in [6, 6.07) is 7.88. The minimum Gasteiger partial charge on any atom is -0.441 e. The number of aryl methyl sites for hydroxylation is 2. The van der Waals surface area contributed by atoms with Crippen LogP contribution < -0.4 is 5.32 Å². The van der Waals surface area contributed by atoms with E-state index < -0.39 is 10.8 Å². The van der Waals surface area contributed by atoms with Gasteiger partial charge in [0.05, 0.1) is 11.4 Å². The van der Waals surface area contributed by atoms with Crippen molar-refractivity contribution in [3.05, 3.63) is 41.3 Å². The molecule has 0 aliphatic heterocycles. The Balaban J connectivity index is 1.94. The number of carbonyl (C=O) groups is 1. The van der Waals surface area contributed by atoms with Crippen molar-refractivity contribution in [2.45, 2.75) is 39.9 Å². The Hall–Kier alpha value is -1.95. The first-order chi connectivity index (χ1) is 11.8. The Bertz CT molecular complexity index is 753. The van der Waals surface area contributed by atoms with Gasteiger partial charge in [0.15, 0.2) is 0 Å².